The van der Waals surface area contributed by atoms with Gasteiger partial charge in [0.25, 0.3) is 0 Å². The van der Waals surface area contributed by atoms with Crippen LogP contribution in [0.2, 0.25) is 0 Å². The van der Waals surface area contributed by atoms with E-state index in [1.165, 1.54) is 28.1 Å². The lowest BCUT2D eigenvalue weighted by molar-refractivity contribution is -0.116. The third-order valence-corrected chi connectivity index (χ3v) is 7.18. The lowest BCUT2D eigenvalue weighted by Crippen LogP contribution is -2.47. The van der Waals surface area contributed by atoms with Crippen LogP contribution in [0.15, 0.2) is 58.1 Å². The molecule has 29 heavy (non-hydrogen) atoms. The Morgan fingerprint density at radius 2 is 1.90 bits per heavy atom. The first-order chi connectivity index (χ1) is 14.1. The number of rotatable bonds is 4. The van der Waals surface area contributed by atoms with Crippen LogP contribution >= 0.6 is 11.8 Å². The molecular weight excluding hydrogens is 380 g/mol. The van der Waals surface area contributed by atoms with Crippen LogP contribution in [0.3, 0.4) is 0 Å². The van der Waals surface area contributed by atoms with Gasteiger partial charge in [-0.1, -0.05) is 61.7 Å². The van der Waals surface area contributed by atoms with Gasteiger partial charge < -0.3 is 11.5 Å². The van der Waals surface area contributed by atoms with E-state index in [-0.39, 0.29) is 0 Å². The SMILES string of the molecule is N#CC1C(N)=NC(SCc2cccc3ccccc23)=C(C(N)=O)C12CCCCC2. The summed E-state index contributed by atoms with van der Waals surface area (Å²) in [4.78, 5) is 17.1. The highest BCUT2D eigenvalue weighted by molar-refractivity contribution is 8.02. The number of benzene rings is 2. The summed E-state index contributed by atoms with van der Waals surface area (Å²) >= 11 is 1.49. The van der Waals surface area contributed by atoms with Gasteiger partial charge in [-0.25, -0.2) is 4.99 Å². The molecule has 1 heterocycles. The zero-order chi connectivity index (χ0) is 20.4. The zero-order valence-corrected chi connectivity index (χ0v) is 17.0. The van der Waals surface area contributed by atoms with Crippen LogP contribution in [-0.2, 0) is 10.5 Å². The van der Waals surface area contributed by atoms with Crippen LogP contribution < -0.4 is 11.5 Å². The van der Waals surface area contributed by atoms with Gasteiger partial charge in [0.15, 0.2) is 0 Å². The Labute approximate surface area is 174 Å². The summed E-state index contributed by atoms with van der Waals surface area (Å²) in [6.07, 6.45) is 4.52. The first kappa shape index (κ1) is 19.5. The average Bonchev–Trinajstić information content (AvgIpc) is 2.72. The van der Waals surface area contributed by atoms with Crippen LogP contribution in [0.5, 0.6) is 0 Å². The third kappa shape index (κ3) is 3.40. The maximum Gasteiger partial charge on any atom is 0.247 e. The molecule has 1 saturated carbocycles. The van der Waals surface area contributed by atoms with Crippen LogP contribution in [0.25, 0.3) is 10.8 Å². The quantitative estimate of drug-likeness (QED) is 0.795. The molecule has 0 radical (unpaired) electrons. The normalized spacial score (nSPS) is 21.1. The second kappa shape index (κ2) is 7.92. The van der Waals surface area contributed by atoms with E-state index in [2.05, 4.69) is 35.3 Å². The molecule has 0 aromatic heterocycles. The number of amides is 1. The van der Waals surface area contributed by atoms with E-state index in [0.717, 1.165) is 32.1 Å². The molecule has 148 valence electrons. The number of nitrogens with two attached hydrogens (primary N) is 2. The summed E-state index contributed by atoms with van der Waals surface area (Å²) < 4.78 is 0. The highest BCUT2D eigenvalue weighted by atomic mass is 32.2. The molecule has 1 amide bonds. The van der Waals surface area contributed by atoms with Gasteiger partial charge >= 0.3 is 0 Å². The summed E-state index contributed by atoms with van der Waals surface area (Å²) in [6.45, 7) is 0. The summed E-state index contributed by atoms with van der Waals surface area (Å²) in [5.74, 6) is -0.117. The Morgan fingerprint density at radius 1 is 1.17 bits per heavy atom. The fraction of sp³-hybridized carbons (Fsp3) is 0.348. The number of nitrogens with zero attached hydrogens (tertiary/aromatic N) is 2. The molecule has 1 aliphatic carbocycles. The molecule has 2 aromatic carbocycles. The van der Waals surface area contributed by atoms with Crippen molar-refractivity contribution in [1.82, 2.24) is 0 Å². The average molecular weight is 405 g/mol. The van der Waals surface area contributed by atoms with Gasteiger partial charge in [-0.05, 0) is 29.2 Å². The van der Waals surface area contributed by atoms with Crippen LogP contribution in [-0.4, -0.2) is 11.7 Å². The van der Waals surface area contributed by atoms with Crippen LogP contribution in [0.4, 0.5) is 0 Å². The molecule has 1 atom stereocenters. The Morgan fingerprint density at radius 3 is 2.62 bits per heavy atom. The second-order valence-electron chi connectivity index (χ2n) is 7.79. The predicted octanol–water partition coefficient (Wildman–Crippen LogP) is 4.23. The van der Waals surface area contributed by atoms with E-state index in [9.17, 15) is 10.1 Å². The molecule has 6 heteroatoms. The minimum Gasteiger partial charge on any atom is -0.386 e. The van der Waals surface area contributed by atoms with Gasteiger partial charge in [0.05, 0.1) is 11.6 Å². The van der Waals surface area contributed by atoms with Gasteiger partial charge in [0, 0.05) is 11.2 Å². The van der Waals surface area contributed by atoms with Crippen molar-refractivity contribution < 1.29 is 4.79 Å². The van der Waals surface area contributed by atoms with Crippen molar-refractivity contribution in [3.63, 3.8) is 0 Å². The monoisotopic (exact) mass is 404 g/mol. The molecule has 0 bridgehead atoms. The number of fused-ring (bicyclic) bond motifs is 1. The molecule has 1 aliphatic heterocycles. The molecule has 1 spiro atoms. The van der Waals surface area contributed by atoms with Gasteiger partial charge in [0.1, 0.15) is 16.8 Å². The number of nitriles is 1. The van der Waals surface area contributed by atoms with E-state index in [4.69, 9.17) is 11.5 Å². The van der Waals surface area contributed by atoms with Gasteiger partial charge in [-0.3, -0.25) is 4.79 Å². The summed E-state index contributed by atoms with van der Waals surface area (Å²) in [5.41, 5.74) is 13.2. The molecular formula is C23H24N4OS. The van der Waals surface area contributed by atoms with Crippen LogP contribution in [0, 0.1) is 22.7 Å². The number of thioether (sulfide) groups is 1. The number of hydrogen-bond donors (Lipinski definition) is 2. The number of amidine groups is 1. The summed E-state index contributed by atoms with van der Waals surface area (Å²) in [7, 11) is 0. The predicted molar refractivity (Wildman–Crippen MR) is 118 cm³/mol. The first-order valence-corrected chi connectivity index (χ1v) is 10.9. The molecule has 1 fully saturated rings. The third-order valence-electron chi connectivity index (χ3n) is 6.16. The zero-order valence-electron chi connectivity index (χ0n) is 16.2. The fourth-order valence-electron chi connectivity index (χ4n) is 4.81. The van der Waals surface area contributed by atoms with E-state index in [0.29, 0.717) is 22.2 Å². The first-order valence-electron chi connectivity index (χ1n) is 9.94. The molecule has 5 nitrogen and oxygen atoms in total. The Balaban J connectivity index is 1.75. The van der Waals surface area contributed by atoms with Crippen molar-refractivity contribution in [1.29, 1.82) is 5.26 Å². The fourth-order valence-corrected chi connectivity index (χ4v) is 5.97. The van der Waals surface area contributed by atoms with Gasteiger partial charge in [0.2, 0.25) is 5.91 Å². The van der Waals surface area contributed by atoms with E-state index in [1.807, 2.05) is 18.2 Å². The van der Waals surface area contributed by atoms with Crippen molar-refractivity contribution >= 4 is 34.3 Å². The summed E-state index contributed by atoms with van der Waals surface area (Å²) in [5, 5.41) is 12.7. The minimum absolute atomic E-state index is 0.305. The Bertz CT molecular complexity index is 1050. The number of carbonyl (C=O) groups excluding carboxylic acids is 1. The maximum absolute atomic E-state index is 12.6. The summed E-state index contributed by atoms with van der Waals surface area (Å²) in [6, 6.07) is 16.8. The van der Waals surface area contributed by atoms with Crippen LogP contribution in [0.1, 0.15) is 37.7 Å². The number of aliphatic imine (C=N–C) groups is 1. The second-order valence-corrected chi connectivity index (χ2v) is 8.75. The maximum atomic E-state index is 12.6. The highest BCUT2D eigenvalue weighted by Crippen LogP contribution is 2.53. The molecule has 4 rings (SSSR count). The van der Waals surface area contributed by atoms with Crippen molar-refractivity contribution in [3.05, 3.63) is 58.6 Å². The topological polar surface area (TPSA) is 105 Å². The van der Waals surface area contributed by atoms with Crippen molar-refractivity contribution in [2.24, 2.45) is 27.8 Å². The van der Waals surface area contributed by atoms with Gasteiger partial charge in [-0.2, -0.15) is 5.26 Å². The number of carbonyl (C=O) groups is 1. The number of primary amides is 1. The Hall–Kier alpha value is -2.78. The van der Waals surface area contributed by atoms with Crippen molar-refractivity contribution in [2.75, 3.05) is 0 Å². The van der Waals surface area contributed by atoms with Crippen molar-refractivity contribution in [2.45, 2.75) is 37.9 Å². The number of hydrogen-bond acceptors (Lipinski definition) is 5. The highest BCUT2D eigenvalue weighted by Gasteiger charge is 2.50. The Kier molecular flexibility index (Phi) is 5.33. The molecule has 0 saturated heterocycles. The van der Waals surface area contributed by atoms with Crippen molar-refractivity contribution in [3.8, 4) is 6.07 Å². The lowest BCUT2D eigenvalue weighted by Gasteiger charge is -2.43. The molecule has 2 aromatic rings. The molecule has 4 N–H and O–H groups in total. The van der Waals surface area contributed by atoms with E-state index >= 15 is 0 Å². The molecule has 2 aliphatic rings. The minimum atomic E-state index is -0.605. The van der Waals surface area contributed by atoms with Gasteiger partial charge in [-0.15, -0.1) is 11.8 Å². The lowest BCUT2D eigenvalue weighted by atomic mass is 9.60. The van der Waals surface area contributed by atoms with E-state index in [1.54, 1.807) is 0 Å². The molecule has 1 unspecified atom stereocenters. The largest absolute Gasteiger partial charge is 0.386 e. The smallest absolute Gasteiger partial charge is 0.247 e. The standard InChI is InChI=1S/C23H24N4OS/c24-13-18-20(25)27-22(19(21(26)28)23(18)11-4-1-5-12-23)29-14-16-9-6-8-15-7-2-3-10-17(15)16/h2-3,6-10,18H,1,4-5,11-12,14H2,(H2,25,27)(H2,26,28). The van der Waals surface area contributed by atoms with E-state index < -0.39 is 17.2 Å².